The quantitative estimate of drug-likeness (QED) is 0.657. The van der Waals surface area contributed by atoms with Crippen molar-refractivity contribution >= 4 is 11.6 Å². The molecule has 3 nitrogen and oxygen atoms in total. The maximum atomic E-state index is 16.2. The number of benzene rings is 3. The van der Waals surface area contributed by atoms with Crippen molar-refractivity contribution in [2.45, 2.75) is 18.5 Å². The molecule has 1 aliphatic rings. The molecular weight excluding hydrogens is 353 g/mol. The molecule has 1 unspecified atom stereocenters. The molecule has 4 rings (SSSR count). The van der Waals surface area contributed by atoms with Crippen LogP contribution in [0.25, 0.3) is 0 Å². The van der Waals surface area contributed by atoms with E-state index >= 15 is 4.39 Å². The maximum absolute atomic E-state index is 16.2. The Balaban J connectivity index is 1.78. The number of nitrogens with zero attached hydrogens (tertiary/aromatic N) is 1. The number of carbonyl (C=O) groups is 1. The van der Waals surface area contributed by atoms with Crippen molar-refractivity contribution in [1.29, 1.82) is 0 Å². The molecule has 0 saturated heterocycles. The number of methoxy groups -OCH3 is 1. The first kappa shape index (κ1) is 18.1. The summed E-state index contributed by atoms with van der Waals surface area (Å²) in [6.45, 7) is 0. The summed E-state index contributed by atoms with van der Waals surface area (Å²) in [6.07, 6.45) is 0.321. The highest BCUT2D eigenvalue weighted by Crippen LogP contribution is 2.38. The smallest absolute Gasteiger partial charge is 0.277 e. The fourth-order valence-electron chi connectivity index (χ4n) is 3.67. The molecule has 0 aromatic heterocycles. The van der Waals surface area contributed by atoms with Crippen LogP contribution in [0.2, 0.25) is 0 Å². The van der Waals surface area contributed by atoms with Crippen LogP contribution in [0.4, 0.5) is 4.39 Å². The van der Waals surface area contributed by atoms with Gasteiger partial charge in [-0.05, 0) is 41.5 Å². The first-order valence-corrected chi connectivity index (χ1v) is 9.18. The lowest BCUT2D eigenvalue weighted by atomic mass is 9.91. The predicted octanol–water partition coefficient (Wildman–Crippen LogP) is 4.83. The van der Waals surface area contributed by atoms with Crippen LogP contribution in [0, 0.1) is 0 Å². The number of aliphatic imine (C=N–C) groups is 1. The third kappa shape index (κ3) is 3.46. The van der Waals surface area contributed by atoms with Gasteiger partial charge < -0.3 is 4.74 Å². The average Bonchev–Trinajstić information content (AvgIpc) is 2.99. The van der Waals surface area contributed by atoms with Gasteiger partial charge in [0.05, 0.1) is 12.8 Å². The summed E-state index contributed by atoms with van der Waals surface area (Å²) in [6, 6.07) is 23.6. The van der Waals surface area contributed by atoms with Gasteiger partial charge in [-0.15, -0.1) is 0 Å². The summed E-state index contributed by atoms with van der Waals surface area (Å²) in [7, 11) is 1.58. The molecule has 3 aromatic rings. The molecule has 0 fully saturated rings. The van der Waals surface area contributed by atoms with Gasteiger partial charge in [-0.25, -0.2) is 9.38 Å². The number of hydrogen-bond acceptors (Lipinski definition) is 2. The normalized spacial score (nSPS) is 19.4. The number of hydrogen-bond donors (Lipinski definition) is 0. The van der Waals surface area contributed by atoms with Crippen LogP contribution in [-0.2, 0) is 12.8 Å². The Labute approximate surface area is 163 Å². The van der Waals surface area contributed by atoms with E-state index in [-0.39, 0.29) is 18.6 Å². The highest BCUT2D eigenvalue weighted by Gasteiger charge is 2.44. The largest absolute Gasteiger partial charge is 0.497 e. The number of carbonyl (C=O) groups excluding carboxylic acids is 1. The van der Waals surface area contributed by atoms with Gasteiger partial charge in [0.15, 0.2) is 5.67 Å². The number of halogens is 1. The molecule has 1 amide bonds. The van der Waals surface area contributed by atoms with E-state index in [1.165, 1.54) is 0 Å². The minimum absolute atomic E-state index is 0.158. The third-order valence-corrected chi connectivity index (χ3v) is 5.02. The minimum atomic E-state index is -1.75. The van der Waals surface area contributed by atoms with Crippen molar-refractivity contribution in [3.05, 3.63) is 101 Å². The predicted molar refractivity (Wildman–Crippen MR) is 108 cm³/mol. The SMILES string of the molecule is COc1ccc2c(c1)CC(F)(Cc1ccccc1)C2=NC(=O)c1ccccc1. The Morgan fingerprint density at radius 1 is 1.04 bits per heavy atom. The first-order chi connectivity index (χ1) is 13.6. The molecule has 0 N–H and O–H groups in total. The second-order valence-corrected chi connectivity index (χ2v) is 6.96. The van der Waals surface area contributed by atoms with Gasteiger partial charge in [-0.2, -0.15) is 0 Å². The molecule has 0 radical (unpaired) electrons. The Morgan fingerprint density at radius 3 is 2.39 bits per heavy atom. The van der Waals surface area contributed by atoms with E-state index in [4.69, 9.17) is 4.74 Å². The summed E-state index contributed by atoms with van der Waals surface area (Å²) in [5.41, 5.74) is 1.23. The summed E-state index contributed by atoms with van der Waals surface area (Å²) < 4.78 is 21.5. The summed E-state index contributed by atoms with van der Waals surface area (Å²) >= 11 is 0. The van der Waals surface area contributed by atoms with Gasteiger partial charge in [-0.3, -0.25) is 4.79 Å². The van der Waals surface area contributed by atoms with Crippen molar-refractivity contribution in [3.63, 3.8) is 0 Å². The van der Waals surface area contributed by atoms with Crippen molar-refractivity contribution < 1.29 is 13.9 Å². The van der Waals surface area contributed by atoms with Crippen LogP contribution >= 0.6 is 0 Å². The first-order valence-electron chi connectivity index (χ1n) is 9.18. The van der Waals surface area contributed by atoms with Gasteiger partial charge in [0.1, 0.15) is 5.75 Å². The highest BCUT2D eigenvalue weighted by atomic mass is 19.1. The van der Waals surface area contributed by atoms with E-state index in [9.17, 15) is 4.79 Å². The van der Waals surface area contributed by atoms with Crippen molar-refractivity contribution in [2.75, 3.05) is 7.11 Å². The fourth-order valence-corrected chi connectivity index (χ4v) is 3.67. The lowest BCUT2D eigenvalue weighted by molar-refractivity contribution is 0.100. The van der Waals surface area contributed by atoms with E-state index in [1.54, 1.807) is 43.5 Å². The summed E-state index contributed by atoms with van der Waals surface area (Å²) in [5.74, 6) is 0.228. The number of alkyl halides is 1. The van der Waals surface area contributed by atoms with Crippen LogP contribution in [0.3, 0.4) is 0 Å². The van der Waals surface area contributed by atoms with Gasteiger partial charge in [0, 0.05) is 24.0 Å². The van der Waals surface area contributed by atoms with E-state index in [0.717, 1.165) is 11.1 Å². The number of amides is 1. The molecular formula is C24H20FNO2. The Kier molecular flexibility index (Phi) is 4.78. The molecule has 28 heavy (non-hydrogen) atoms. The van der Waals surface area contributed by atoms with Crippen molar-refractivity contribution in [1.82, 2.24) is 0 Å². The molecule has 140 valence electrons. The molecule has 1 atom stereocenters. The number of fused-ring (bicyclic) bond motifs is 1. The molecule has 0 bridgehead atoms. The van der Waals surface area contributed by atoms with Gasteiger partial charge in [-0.1, -0.05) is 48.5 Å². The summed E-state index contributed by atoms with van der Waals surface area (Å²) in [5, 5.41) is 0. The zero-order valence-corrected chi connectivity index (χ0v) is 15.6. The van der Waals surface area contributed by atoms with E-state index in [2.05, 4.69) is 4.99 Å². The van der Waals surface area contributed by atoms with Crippen LogP contribution in [0.5, 0.6) is 5.75 Å². The molecule has 0 saturated carbocycles. The zero-order chi connectivity index (χ0) is 19.6. The Bertz CT molecular complexity index is 1030. The number of ether oxygens (including phenoxy) is 1. The lowest BCUT2D eigenvalue weighted by Gasteiger charge is -2.20. The second-order valence-electron chi connectivity index (χ2n) is 6.96. The van der Waals surface area contributed by atoms with Gasteiger partial charge in [0.25, 0.3) is 5.91 Å². The molecule has 0 heterocycles. The van der Waals surface area contributed by atoms with Crippen LogP contribution < -0.4 is 4.74 Å². The highest BCUT2D eigenvalue weighted by molar-refractivity contribution is 6.17. The third-order valence-electron chi connectivity index (χ3n) is 5.02. The molecule has 4 heteroatoms. The van der Waals surface area contributed by atoms with Crippen LogP contribution in [0.1, 0.15) is 27.0 Å². The fraction of sp³-hybridized carbons (Fsp3) is 0.167. The molecule has 0 aliphatic heterocycles. The van der Waals surface area contributed by atoms with E-state index < -0.39 is 11.6 Å². The maximum Gasteiger partial charge on any atom is 0.277 e. The molecule has 0 spiro atoms. The van der Waals surface area contributed by atoms with Crippen molar-refractivity contribution in [2.24, 2.45) is 4.99 Å². The van der Waals surface area contributed by atoms with E-state index in [0.29, 0.717) is 16.9 Å². The number of rotatable bonds is 4. The van der Waals surface area contributed by atoms with Crippen LogP contribution in [0.15, 0.2) is 83.9 Å². The van der Waals surface area contributed by atoms with Crippen molar-refractivity contribution in [3.8, 4) is 5.75 Å². The van der Waals surface area contributed by atoms with Gasteiger partial charge >= 0.3 is 0 Å². The minimum Gasteiger partial charge on any atom is -0.497 e. The topological polar surface area (TPSA) is 38.7 Å². The zero-order valence-electron chi connectivity index (χ0n) is 15.6. The molecule has 3 aromatic carbocycles. The standard InChI is InChI=1S/C24H20FNO2/c1-28-20-12-13-21-19(14-20)16-24(25,15-17-8-4-2-5-9-17)22(21)26-23(27)18-10-6-3-7-11-18/h2-14H,15-16H2,1H3. The van der Waals surface area contributed by atoms with E-state index in [1.807, 2.05) is 42.5 Å². The second kappa shape index (κ2) is 7.39. The van der Waals surface area contributed by atoms with Crippen LogP contribution in [-0.4, -0.2) is 24.4 Å². The Hall–Kier alpha value is -3.27. The summed E-state index contributed by atoms with van der Waals surface area (Å²) in [4.78, 5) is 16.9. The average molecular weight is 373 g/mol. The lowest BCUT2D eigenvalue weighted by Crippen LogP contribution is -2.34. The molecule has 1 aliphatic carbocycles. The monoisotopic (exact) mass is 373 g/mol. The van der Waals surface area contributed by atoms with Gasteiger partial charge in [0.2, 0.25) is 0 Å². The Morgan fingerprint density at radius 2 is 1.71 bits per heavy atom.